The van der Waals surface area contributed by atoms with Crippen LogP contribution in [-0.2, 0) is 18.4 Å². The Labute approximate surface area is 539 Å². The van der Waals surface area contributed by atoms with Crippen molar-refractivity contribution in [3.8, 4) is 0 Å². The van der Waals surface area contributed by atoms with Gasteiger partial charge in [0.15, 0.2) is 0 Å². The Morgan fingerprint density at radius 2 is 0.690 bits per heavy atom. The van der Waals surface area contributed by atoms with Gasteiger partial charge in [-0.1, -0.05) is 341 Å². The van der Waals surface area contributed by atoms with Crippen LogP contribution in [0.3, 0.4) is 0 Å². The van der Waals surface area contributed by atoms with Crippen LogP contribution in [0.4, 0.5) is 0 Å². The van der Waals surface area contributed by atoms with E-state index in [-0.39, 0.29) is 19.1 Å². The molecule has 3 N–H and O–H groups in total. The third-order valence-electron chi connectivity index (χ3n) is 16.0. The lowest BCUT2D eigenvalue weighted by Gasteiger charge is -2.26. The van der Waals surface area contributed by atoms with Crippen molar-refractivity contribution in [1.29, 1.82) is 0 Å². The van der Waals surface area contributed by atoms with E-state index < -0.39 is 20.0 Å². The van der Waals surface area contributed by atoms with Gasteiger partial charge < -0.3 is 19.8 Å². The average molecular weight is 1230 g/mol. The average Bonchev–Trinajstić information content (AvgIpc) is 3.71. The van der Waals surface area contributed by atoms with Crippen LogP contribution < -0.4 is 5.32 Å². The molecule has 8 nitrogen and oxygen atoms in total. The molecule has 0 aliphatic rings. The second-order valence-corrected chi connectivity index (χ2v) is 27.0. The number of nitrogens with one attached hydrogen (secondary N) is 1. The van der Waals surface area contributed by atoms with E-state index in [1.54, 1.807) is 0 Å². The monoisotopic (exact) mass is 1230 g/mol. The molecule has 0 aliphatic carbocycles. The highest BCUT2D eigenvalue weighted by Crippen LogP contribution is 2.43. The first-order valence-electron chi connectivity index (χ1n) is 36.4. The minimum atomic E-state index is -4.34. The highest BCUT2D eigenvalue weighted by atomic mass is 31.2. The van der Waals surface area contributed by atoms with Crippen molar-refractivity contribution < 1.29 is 32.9 Å². The highest BCUT2D eigenvalue weighted by molar-refractivity contribution is 7.47. The van der Waals surface area contributed by atoms with Crippen LogP contribution in [0.15, 0.2) is 122 Å². The number of rotatable bonds is 66. The first-order valence-corrected chi connectivity index (χ1v) is 37.9. The van der Waals surface area contributed by atoms with Gasteiger partial charge in [-0.3, -0.25) is 13.8 Å². The summed E-state index contributed by atoms with van der Waals surface area (Å²) in [5, 5.41) is 14.2. The topological polar surface area (TPSA) is 105 Å². The summed E-state index contributed by atoms with van der Waals surface area (Å²) in [6.45, 7) is 4.80. The molecular formula is C78H140N2O6P+. The number of amides is 1. The zero-order chi connectivity index (χ0) is 63.4. The number of aliphatic hydroxyl groups excluding tert-OH is 1. The molecule has 0 spiro atoms. The lowest BCUT2D eigenvalue weighted by Crippen LogP contribution is -2.46. The summed E-state index contributed by atoms with van der Waals surface area (Å²) in [4.78, 5) is 23.5. The van der Waals surface area contributed by atoms with Crippen LogP contribution in [0.1, 0.15) is 316 Å². The fourth-order valence-corrected chi connectivity index (χ4v) is 11.1. The number of carbonyl (C=O) groups excluding carboxylic acids is 1. The minimum Gasteiger partial charge on any atom is -0.391 e. The van der Waals surface area contributed by atoms with Crippen molar-refractivity contribution in [3.05, 3.63) is 122 Å². The Morgan fingerprint density at radius 1 is 0.402 bits per heavy atom. The number of phosphoric ester groups is 1. The fourth-order valence-electron chi connectivity index (χ4n) is 10.4. The van der Waals surface area contributed by atoms with Gasteiger partial charge >= 0.3 is 7.82 Å². The Kier molecular flexibility index (Phi) is 64.9. The van der Waals surface area contributed by atoms with Gasteiger partial charge in [-0.25, -0.2) is 4.57 Å². The summed E-state index contributed by atoms with van der Waals surface area (Å²) in [6, 6.07) is -0.772. The molecule has 0 aromatic heterocycles. The summed E-state index contributed by atoms with van der Waals surface area (Å²) >= 11 is 0. The summed E-state index contributed by atoms with van der Waals surface area (Å²) in [6.07, 6.45) is 100. The third-order valence-corrected chi connectivity index (χ3v) is 17.0. The van der Waals surface area contributed by atoms with E-state index in [1.807, 2.05) is 21.1 Å². The highest BCUT2D eigenvalue weighted by Gasteiger charge is 2.28. The molecule has 87 heavy (non-hydrogen) atoms. The summed E-state index contributed by atoms with van der Waals surface area (Å²) in [7, 11) is 1.61. The lowest BCUT2D eigenvalue weighted by molar-refractivity contribution is -0.870. The molecule has 0 aromatic rings. The van der Waals surface area contributed by atoms with E-state index in [0.717, 1.165) is 109 Å². The second kappa shape index (κ2) is 67.3. The molecule has 0 bridgehead atoms. The molecule has 0 rings (SSSR count). The molecule has 0 aliphatic heterocycles. The van der Waals surface area contributed by atoms with Crippen LogP contribution in [0.2, 0.25) is 0 Å². The van der Waals surface area contributed by atoms with Gasteiger partial charge in [0.2, 0.25) is 5.91 Å². The predicted molar refractivity (Wildman–Crippen MR) is 382 cm³/mol. The Balaban J connectivity index is 4.07. The van der Waals surface area contributed by atoms with Gasteiger partial charge in [0.1, 0.15) is 13.2 Å². The normalized spacial score (nSPS) is 14.3. The molecule has 0 saturated heterocycles. The Hall–Kier alpha value is -3.10. The van der Waals surface area contributed by atoms with Crippen molar-refractivity contribution in [2.75, 3.05) is 40.9 Å². The maximum absolute atomic E-state index is 13.1. The van der Waals surface area contributed by atoms with Gasteiger partial charge in [-0.15, -0.1) is 0 Å². The minimum absolute atomic E-state index is 0.0696. The molecule has 0 saturated carbocycles. The molecule has 0 aromatic carbocycles. The molecule has 3 atom stereocenters. The molecule has 0 fully saturated rings. The number of phosphoric acid groups is 1. The number of allylic oxidation sites excluding steroid dienone is 20. The second-order valence-electron chi connectivity index (χ2n) is 25.6. The third kappa shape index (κ3) is 70.2. The van der Waals surface area contributed by atoms with Crippen molar-refractivity contribution in [2.45, 2.75) is 328 Å². The molecule has 0 radical (unpaired) electrons. The first kappa shape index (κ1) is 83.9. The van der Waals surface area contributed by atoms with Crippen LogP contribution in [0.25, 0.3) is 0 Å². The number of carbonyl (C=O) groups is 1. The van der Waals surface area contributed by atoms with E-state index in [2.05, 4.69) is 141 Å². The standard InChI is InChI=1S/C78H139N2O6P/c1-6-8-10-12-14-16-18-20-22-24-26-28-30-32-33-34-35-36-37-38-39-40-41-42-43-44-45-46-47-48-50-52-54-56-58-60-62-64-66-68-70-72-78(82)79-76(75-86-87(83,84)85-74-73-80(3,4)5)77(81)71-69-67-65-63-61-59-57-55-53-51-49-31-29-27-25-23-21-19-17-15-13-11-9-7-2/h8,10,14,16,20,22,26,28,32-33,35-36,38-39,41-42,44-45,47-48,76-77,81H,6-7,9,11-13,15,17-19,21,23-25,27,29-31,34,37,40,43,46,49-75H2,1-5H3,(H-,79,82,83,84)/p+1/b10-8-,16-14-,22-20-,28-26-,33-32-,36-35-,39-38-,42-41-,45-44-,48-47-. The fraction of sp³-hybridized carbons (Fsp3) is 0.731. The Bertz CT molecular complexity index is 1840. The van der Waals surface area contributed by atoms with Crippen molar-refractivity contribution >= 4 is 13.7 Å². The van der Waals surface area contributed by atoms with Gasteiger partial charge in [0.25, 0.3) is 0 Å². The molecule has 1 amide bonds. The number of hydrogen-bond donors (Lipinski definition) is 3. The van der Waals surface area contributed by atoms with E-state index in [1.165, 1.54) is 180 Å². The maximum atomic E-state index is 13.1. The van der Waals surface area contributed by atoms with Crippen molar-refractivity contribution in [2.24, 2.45) is 0 Å². The number of nitrogens with zero attached hydrogens (tertiary/aromatic N) is 1. The summed E-state index contributed by atoms with van der Waals surface area (Å²) in [5.74, 6) is -0.150. The smallest absolute Gasteiger partial charge is 0.391 e. The number of aliphatic hydroxyl groups is 1. The predicted octanol–water partition coefficient (Wildman–Crippen LogP) is 23.6. The largest absolute Gasteiger partial charge is 0.472 e. The zero-order valence-electron chi connectivity index (χ0n) is 57.5. The Morgan fingerprint density at radius 3 is 1.01 bits per heavy atom. The van der Waals surface area contributed by atoms with Gasteiger partial charge in [0, 0.05) is 6.42 Å². The maximum Gasteiger partial charge on any atom is 0.472 e. The van der Waals surface area contributed by atoms with Crippen LogP contribution >= 0.6 is 7.82 Å². The molecule has 502 valence electrons. The molecule has 0 heterocycles. The quantitative estimate of drug-likeness (QED) is 0.0243. The van der Waals surface area contributed by atoms with Crippen LogP contribution in [-0.4, -0.2) is 73.4 Å². The number of hydrogen-bond acceptors (Lipinski definition) is 5. The van der Waals surface area contributed by atoms with E-state index in [0.29, 0.717) is 23.9 Å². The van der Waals surface area contributed by atoms with Gasteiger partial charge in [0.05, 0.1) is 39.9 Å². The van der Waals surface area contributed by atoms with E-state index in [9.17, 15) is 19.4 Å². The first-order chi connectivity index (χ1) is 42.5. The molecule has 3 unspecified atom stereocenters. The number of unbranched alkanes of at least 4 members (excludes halogenated alkanes) is 33. The van der Waals surface area contributed by atoms with E-state index in [4.69, 9.17) is 9.05 Å². The van der Waals surface area contributed by atoms with Gasteiger partial charge in [-0.2, -0.15) is 0 Å². The summed E-state index contributed by atoms with van der Waals surface area (Å²) in [5.41, 5.74) is 0. The van der Waals surface area contributed by atoms with Crippen molar-refractivity contribution in [3.63, 3.8) is 0 Å². The zero-order valence-corrected chi connectivity index (χ0v) is 58.4. The van der Waals surface area contributed by atoms with Crippen LogP contribution in [0.5, 0.6) is 0 Å². The van der Waals surface area contributed by atoms with Crippen LogP contribution in [0, 0.1) is 0 Å². The van der Waals surface area contributed by atoms with Gasteiger partial charge in [-0.05, 0) is 89.9 Å². The number of quaternary nitrogens is 1. The SMILES string of the molecule is CC/C=C\C/C=C\C/C=C\C/C=C\C/C=C\C/C=C\C/C=C\C/C=C\C/C=C\C/C=C\CCCCCCCCCCCCC(=O)NC(COP(=O)(O)OCC[N+](C)(C)C)C(O)CCCCCCCCCCCCCCCCCCCCCCCCCC. The number of likely N-dealkylation sites (N-methyl/N-ethyl adjacent to an activating group) is 1. The molecular weight excluding hydrogens is 1090 g/mol. The summed E-state index contributed by atoms with van der Waals surface area (Å²) < 4.78 is 23.9. The van der Waals surface area contributed by atoms with E-state index >= 15 is 0 Å². The lowest BCUT2D eigenvalue weighted by atomic mass is 10.0. The molecule has 9 heteroatoms. The van der Waals surface area contributed by atoms with Crippen molar-refractivity contribution in [1.82, 2.24) is 5.32 Å².